The highest BCUT2D eigenvalue weighted by Gasteiger charge is 2.01. The number of benzene rings is 1. The second-order valence-corrected chi connectivity index (χ2v) is 4.57. The van der Waals surface area contributed by atoms with E-state index in [-0.39, 0.29) is 0 Å². The molecule has 2 N–H and O–H groups in total. The Kier molecular flexibility index (Phi) is 6.80. The van der Waals surface area contributed by atoms with Crippen molar-refractivity contribution in [1.82, 2.24) is 0 Å². The predicted octanol–water partition coefficient (Wildman–Crippen LogP) is 1.69. The van der Waals surface area contributed by atoms with Gasteiger partial charge in [0, 0.05) is 12.1 Å². The van der Waals surface area contributed by atoms with Gasteiger partial charge in [0.1, 0.15) is 18.9 Å². The molecule has 1 aromatic carbocycles. The molecule has 0 heterocycles. The molecule has 0 aliphatic heterocycles. The molecule has 3 nitrogen and oxygen atoms in total. The molecule has 0 aliphatic rings. The molecule has 0 radical (unpaired) electrons. The molecular weight excluding hydrogens is 293 g/mol. The second-order valence-electron chi connectivity index (χ2n) is 3.28. The van der Waals surface area contributed by atoms with Gasteiger partial charge >= 0.3 is 0 Å². The van der Waals surface area contributed by atoms with Crippen molar-refractivity contribution in [2.24, 2.45) is 0 Å². The second kappa shape index (κ2) is 7.90. The molecule has 0 aliphatic carbocycles. The van der Waals surface area contributed by atoms with Crippen LogP contribution in [-0.2, 0) is 4.74 Å². The summed E-state index contributed by atoms with van der Waals surface area (Å²) in [5, 5.41) is 2.86. The fraction of sp³-hybridized carbons (Fsp3) is 0.455. The van der Waals surface area contributed by atoms with Crippen LogP contribution in [0.2, 0.25) is 5.02 Å². The molecule has 90 valence electrons. The summed E-state index contributed by atoms with van der Waals surface area (Å²) in [6, 6.07) is 5.50. The van der Waals surface area contributed by atoms with E-state index in [4.69, 9.17) is 21.1 Å². The summed E-state index contributed by atoms with van der Waals surface area (Å²) < 4.78 is 11.4. The third-order valence-electron chi connectivity index (χ3n) is 2.00. The van der Waals surface area contributed by atoms with Gasteiger partial charge in [-0.25, -0.2) is 0 Å². The zero-order valence-electron chi connectivity index (χ0n) is 9.21. The summed E-state index contributed by atoms with van der Waals surface area (Å²) >= 11 is 9.23. The molecule has 16 heavy (non-hydrogen) atoms. The summed E-state index contributed by atoms with van der Waals surface area (Å²) in [4.78, 5) is 0. The van der Waals surface area contributed by atoms with E-state index in [2.05, 4.69) is 21.2 Å². The number of quaternary nitrogens is 1. The van der Waals surface area contributed by atoms with Gasteiger partial charge < -0.3 is 14.8 Å². The number of ether oxygens (including phenoxy) is 2. The Morgan fingerprint density at radius 1 is 1.31 bits per heavy atom. The minimum Gasteiger partial charge on any atom is -0.487 e. The first-order valence-corrected chi connectivity index (χ1v) is 6.29. The third kappa shape index (κ3) is 5.16. The van der Waals surface area contributed by atoms with E-state index in [1.807, 2.05) is 18.2 Å². The van der Waals surface area contributed by atoms with Gasteiger partial charge in [-0.15, -0.1) is 0 Å². The van der Waals surface area contributed by atoms with Crippen LogP contribution in [0.25, 0.3) is 0 Å². The zero-order chi connectivity index (χ0) is 11.8. The lowest BCUT2D eigenvalue weighted by Gasteiger charge is -2.07. The largest absolute Gasteiger partial charge is 0.487 e. The lowest BCUT2D eigenvalue weighted by atomic mass is 10.3. The highest BCUT2D eigenvalue weighted by Crippen LogP contribution is 2.27. The average Bonchev–Trinajstić information content (AvgIpc) is 2.26. The highest BCUT2D eigenvalue weighted by molar-refractivity contribution is 9.10. The highest BCUT2D eigenvalue weighted by atomic mass is 79.9. The lowest BCUT2D eigenvalue weighted by Crippen LogP contribution is -2.86. The number of nitrogens with two attached hydrogens (primary N) is 1. The van der Waals surface area contributed by atoms with Gasteiger partial charge in [-0.2, -0.15) is 0 Å². The number of halogens is 2. The van der Waals surface area contributed by atoms with Gasteiger partial charge in [-0.1, -0.05) is 11.6 Å². The van der Waals surface area contributed by atoms with Crippen molar-refractivity contribution in [2.75, 3.05) is 33.4 Å². The monoisotopic (exact) mass is 308 g/mol. The van der Waals surface area contributed by atoms with Crippen LogP contribution >= 0.6 is 27.5 Å². The predicted molar refractivity (Wildman–Crippen MR) is 68.2 cm³/mol. The molecule has 0 saturated heterocycles. The van der Waals surface area contributed by atoms with Crippen LogP contribution in [0.1, 0.15) is 0 Å². The van der Waals surface area contributed by atoms with E-state index in [0.29, 0.717) is 11.6 Å². The van der Waals surface area contributed by atoms with Gasteiger partial charge in [-0.05, 0) is 34.1 Å². The maximum atomic E-state index is 5.83. The first-order chi connectivity index (χ1) is 7.74. The number of rotatable bonds is 7. The molecule has 0 bridgehead atoms. The molecule has 0 amide bonds. The van der Waals surface area contributed by atoms with Crippen LogP contribution in [0.4, 0.5) is 0 Å². The van der Waals surface area contributed by atoms with Crippen LogP contribution in [0.3, 0.4) is 0 Å². The molecule has 0 atom stereocenters. The quantitative estimate of drug-likeness (QED) is 0.778. The zero-order valence-corrected chi connectivity index (χ0v) is 11.6. The molecule has 1 aromatic rings. The third-order valence-corrected chi connectivity index (χ3v) is 2.85. The van der Waals surface area contributed by atoms with E-state index in [0.717, 1.165) is 29.9 Å². The van der Waals surface area contributed by atoms with Crippen LogP contribution in [0.15, 0.2) is 22.7 Å². The average molecular weight is 310 g/mol. The van der Waals surface area contributed by atoms with E-state index in [9.17, 15) is 0 Å². The summed E-state index contributed by atoms with van der Waals surface area (Å²) in [5.41, 5.74) is 0. The van der Waals surface area contributed by atoms with Gasteiger partial charge in [0.25, 0.3) is 0 Å². The Bertz CT molecular complexity index is 323. The van der Waals surface area contributed by atoms with E-state index in [1.54, 1.807) is 7.11 Å². The Labute approximate surface area is 109 Å². The van der Waals surface area contributed by atoms with Crippen molar-refractivity contribution < 1.29 is 14.8 Å². The van der Waals surface area contributed by atoms with Gasteiger partial charge in [0.15, 0.2) is 0 Å². The lowest BCUT2D eigenvalue weighted by molar-refractivity contribution is -0.656. The van der Waals surface area contributed by atoms with Crippen molar-refractivity contribution in [3.05, 3.63) is 27.7 Å². The summed E-state index contributed by atoms with van der Waals surface area (Å²) in [7, 11) is 1.70. The van der Waals surface area contributed by atoms with E-state index in [1.165, 1.54) is 0 Å². The van der Waals surface area contributed by atoms with Crippen molar-refractivity contribution in [2.45, 2.75) is 0 Å². The van der Waals surface area contributed by atoms with Gasteiger partial charge in [0.05, 0.1) is 17.6 Å². The molecular formula is C11H16BrClNO2+. The Morgan fingerprint density at radius 3 is 2.75 bits per heavy atom. The Morgan fingerprint density at radius 2 is 2.06 bits per heavy atom. The fourth-order valence-electron chi connectivity index (χ4n) is 1.19. The number of hydrogen-bond donors (Lipinski definition) is 1. The van der Waals surface area contributed by atoms with Gasteiger partial charge in [-0.3, -0.25) is 0 Å². The van der Waals surface area contributed by atoms with Crippen molar-refractivity contribution in [3.8, 4) is 5.75 Å². The topological polar surface area (TPSA) is 35.1 Å². The summed E-state index contributed by atoms with van der Waals surface area (Å²) in [6.07, 6.45) is 0. The van der Waals surface area contributed by atoms with Gasteiger partial charge in [0.2, 0.25) is 0 Å². The molecule has 0 spiro atoms. The SMILES string of the molecule is COCC[NH2+]CCOc1ccc(Cl)cc1Br. The maximum absolute atomic E-state index is 5.83. The van der Waals surface area contributed by atoms with Crippen LogP contribution < -0.4 is 10.1 Å². The summed E-state index contributed by atoms with van der Waals surface area (Å²) in [6.45, 7) is 3.31. The van der Waals surface area contributed by atoms with Crippen LogP contribution in [0, 0.1) is 0 Å². The minimum atomic E-state index is 0.671. The fourth-order valence-corrected chi connectivity index (χ4v) is 1.99. The first kappa shape index (κ1) is 13.8. The van der Waals surface area contributed by atoms with E-state index < -0.39 is 0 Å². The first-order valence-electron chi connectivity index (χ1n) is 5.12. The van der Waals surface area contributed by atoms with E-state index >= 15 is 0 Å². The normalized spacial score (nSPS) is 10.4. The maximum Gasteiger partial charge on any atom is 0.137 e. The standard InChI is InChI=1S/C11H15BrClNO2/c1-15-6-4-14-5-7-16-11-3-2-9(13)8-10(11)12/h2-3,8,14H,4-7H2,1H3/p+1. The molecule has 0 saturated carbocycles. The molecule has 0 fully saturated rings. The number of methoxy groups -OCH3 is 1. The van der Waals surface area contributed by atoms with Crippen molar-refractivity contribution in [1.29, 1.82) is 0 Å². The molecule has 1 rings (SSSR count). The number of hydrogen-bond acceptors (Lipinski definition) is 2. The Hall–Kier alpha value is -0.290. The molecule has 5 heteroatoms. The van der Waals surface area contributed by atoms with Crippen LogP contribution in [-0.4, -0.2) is 33.4 Å². The molecule has 0 aromatic heterocycles. The minimum absolute atomic E-state index is 0.671. The van der Waals surface area contributed by atoms with Crippen molar-refractivity contribution in [3.63, 3.8) is 0 Å². The van der Waals surface area contributed by atoms with Crippen LogP contribution in [0.5, 0.6) is 5.75 Å². The smallest absolute Gasteiger partial charge is 0.137 e. The molecule has 0 unspecified atom stereocenters. The summed E-state index contributed by atoms with van der Waals surface area (Å²) in [5.74, 6) is 0.824. The van der Waals surface area contributed by atoms with Crippen molar-refractivity contribution >= 4 is 27.5 Å². The Balaban J connectivity index is 2.21.